The summed E-state index contributed by atoms with van der Waals surface area (Å²) in [7, 11) is 0. The van der Waals surface area contributed by atoms with Crippen molar-refractivity contribution in [3.05, 3.63) is 65.0 Å². The lowest BCUT2D eigenvalue weighted by Crippen LogP contribution is -2.05. The third-order valence-corrected chi connectivity index (χ3v) is 3.89. The second kappa shape index (κ2) is 5.92. The number of nitrogens with zero attached hydrogens (tertiary/aromatic N) is 1. The van der Waals surface area contributed by atoms with E-state index < -0.39 is 5.97 Å². The van der Waals surface area contributed by atoms with Gasteiger partial charge >= 0.3 is 5.97 Å². The van der Waals surface area contributed by atoms with Gasteiger partial charge in [0.1, 0.15) is 0 Å². The maximum atomic E-state index is 11.6. The van der Waals surface area contributed by atoms with Crippen molar-refractivity contribution in [1.29, 1.82) is 0 Å². The number of pyridine rings is 1. The molecule has 0 atom stereocenters. The van der Waals surface area contributed by atoms with Crippen LogP contribution in [0.3, 0.4) is 0 Å². The third-order valence-electron chi connectivity index (χ3n) is 3.89. The second-order valence-corrected chi connectivity index (χ2v) is 5.34. The fourth-order valence-corrected chi connectivity index (χ4v) is 2.80. The lowest BCUT2D eigenvalue weighted by atomic mass is 9.89. The molecule has 0 radical (unpaired) electrons. The topological polar surface area (TPSA) is 50.2 Å². The number of hydrogen-bond donors (Lipinski definition) is 1. The molecule has 0 fully saturated rings. The highest BCUT2D eigenvalue weighted by Gasteiger charge is 2.15. The monoisotopic (exact) mass is 279 g/mol. The number of hydrogen-bond acceptors (Lipinski definition) is 2. The first-order chi connectivity index (χ1) is 10.2. The summed E-state index contributed by atoms with van der Waals surface area (Å²) in [5.41, 5.74) is 4.53. The van der Waals surface area contributed by atoms with E-state index in [1.54, 1.807) is 24.5 Å². The highest BCUT2D eigenvalue weighted by atomic mass is 16.4. The normalized spacial score (nSPS) is 14.6. The van der Waals surface area contributed by atoms with Crippen LogP contribution in [0, 0.1) is 0 Å². The average molecular weight is 279 g/mol. The van der Waals surface area contributed by atoms with Crippen molar-refractivity contribution in [2.24, 2.45) is 0 Å². The zero-order chi connectivity index (χ0) is 14.7. The molecule has 3 nitrogen and oxygen atoms in total. The third kappa shape index (κ3) is 3.02. The van der Waals surface area contributed by atoms with E-state index in [1.807, 2.05) is 18.2 Å². The number of aromatic nitrogens is 1. The first-order valence-corrected chi connectivity index (χ1v) is 7.21. The van der Waals surface area contributed by atoms with Crippen LogP contribution in [0.5, 0.6) is 0 Å². The molecular formula is C18H17NO2. The van der Waals surface area contributed by atoms with Crippen LogP contribution in [0.25, 0.3) is 11.6 Å². The Kier molecular flexibility index (Phi) is 3.82. The zero-order valence-electron chi connectivity index (χ0n) is 11.7. The smallest absolute Gasteiger partial charge is 0.336 e. The van der Waals surface area contributed by atoms with Gasteiger partial charge in [-0.2, -0.15) is 0 Å². The molecule has 0 aliphatic heterocycles. The summed E-state index contributed by atoms with van der Waals surface area (Å²) in [5.74, 6) is -0.908. The van der Waals surface area contributed by atoms with Gasteiger partial charge in [0.2, 0.25) is 0 Å². The summed E-state index contributed by atoms with van der Waals surface area (Å²) in [6.45, 7) is 0. The van der Waals surface area contributed by atoms with E-state index in [2.05, 4.69) is 11.1 Å². The van der Waals surface area contributed by atoms with Gasteiger partial charge in [-0.3, -0.25) is 4.98 Å². The molecule has 0 bridgehead atoms. The van der Waals surface area contributed by atoms with E-state index in [4.69, 9.17) is 0 Å². The zero-order valence-corrected chi connectivity index (χ0v) is 11.7. The van der Waals surface area contributed by atoms with Crippen molar-refractivity contribution in [1.82, 2.24) is 4.98 Å². The minimum atomic E-state index is -0.908. The van der Waals surface area contributed by atoms with Crippen LogP contribution in [-0.4, -0.2) is 16.1 Å². The molecule has 0 saturated carbocycles. The van der Waals surface area contributed by atoms with Gasteiger partial charge in [0.05, 0.1) is 5.57 Å². The fourth-order valence-electron chi connectivity index (χ4n) is 2.80. The molecule has 1 N–H and O–H groups in total. The highest BCUT2D eigenvalue weighted by Crippen LogP contribution is 2.26. The van der Waals surface area contributed by atoms with E-state index in [0.717, 1.165) is 24.0 Å². The lowest BCUT2D eigenvalue weighted by Gasteiger charge is -2.16. The molecule has 0 unspecified atom stereocenters. The van der Waals surface area contributed by atoms with E-state index in [0.29, 0.717) is 5.57 Å². The number of carbonyl (C=O) groups is 1. The van der Waals surface area contributed by atoms with Gasteiger partial charge in [0, 0.05) is 12.4 Å². The van der Waals surface area contributed by atoms with Gasteiger partial charge in [-0.05, 0) is 60.1 Å². The van der Waals surface area contributed by atoms with Crippen molar-refractivity contribution >= 4 is 17.6 Å². The fraction of sp³-hybridized carbons (Fsp3) is 0.222. The summed E-state index contributed by atoms with van der Waals surface area (Å²) in [5, 5.41) is 9.50. The van der Waals surface area contributed by atoms with Crippen LogP contribution in [0.1, 0.15) is 35.1 Å². The molecular weight excluding hydrogens is 262 g/mol. The number of benzene rings is 1. The molecule has 1 aromatic carbocycles. The maximum absolute atomic E-state index is 11.6. The molecule has 106 valence electrons. The Balaban J connectivity index is 2.02. The number of aryl methyl sites for hydroxylation is 2. The van der Waals surface area contributed by atoms with Crippen LogP contribution in [0.2, 0.25) is 0 Å². The molecule has 21 heavy (non-hydrogen) atoms. The van der Waals surface area contributed by atoms with Gasteiger partial charge in [0.15, 0.2) is 0 Å². The number of fused-ring (bicyclic) bond motifs is 1. The van der Waals surface area contributed by atoms with Gasteiger partial charge in [0.25, 0.3) is 0 Å². The highest BCUT2D eigenvalue weighted by molar-refractivity contribution is 6.20. The number of carboxylic acid groups (broad SMARTS) is 1. The summed E-state index contributed by atoms with van der Waals surface area (Å²) >= 11 is 0. The van der Waals surface area contributed by atoms with Crippen molar-refractivity contribution in [3.63, 3.8) is 0 Å². The maximum Gasteiger partial charge on any atom is 0.336 e. The Morgan fingerprint density at radius 2 is 1.95 bits per heavy atom. The van der Waals surface area contributed by atoms with Gasteiger partial charge in [-0.25, -0.2) is 4.79 Å². The van der Waals surface area contributed by atoms with E-state index in [-0.39, 0.29) is 0 Å². The molecule has 3 rings (SSSR count). The minimum absolute atomic E-state index is 0.316. The van der Waals surface area contributed by atoms with E-state index in [9.17, 15) is 9.90 Å². The molecule has 3 heteroatoms. The first kappa shape index (κ1) is 13.6. The lowest BCUT2D eigenvalue weighted by molar-refractivity contribution is -0.130. The Labute approximate surface area is 124 Å². The molecule has 0 saturated heterocycles. The summed E-state index contributed by atoms with van der Waals surface area (Å²) in [6, 6.07) is 9.68. The molecule has 0 spiro atoms. The second-order valence-electron chi connectivity index (χ2n) is 5.34. The van der Waals surface area contributed by atoms with Crippen molar-refractivity contribution in [2.75, 3.05) is 0 Å². The Morgan fingerprint density at radius 1 is 1.14 bits per heavy atom. The van der Waals surface area contributed by atoms with Crippen LogP contribution in [0.4, 0.5) is 0 Å². The summed E-state index contributed by atoms with van der Waals surface area (Å²) in [6.07, 6.45) is 9.58. The predicted molar refractivity (Wildman–Crippen MR) is 82.8 cm³/mol. The number of carboxylic acids is 1. The van der Waals surface area contributed by atoms with Gasteiger partial charge in [-0.15, -0.1) is 0 Å². The molecule has 1 aliphatic carbocycles. The van der Waals surface area contributed by atoms with Crippen molar-refractivity contribution < 1.29 is 9.90 Å². The Bertz CT molecular complexity index is 690. The van der Waals surface area contributed by atoms with Crippen LogP contribution in [-0.2, 0) is 17.6 Å². The summed E-state index contributed by atoms with van der Waals surface area (Å²) in [4.78, 5) is 15.6. The molecule has 2 aromatic rings. The van der Waals surface area contributed by atoms with Gasteiger partial charge < -0.3 is 5.11 Å². The van der Waals surface area contributed by atoms with Gasteiger partial charge in [-0.1, -0.05) is 24.3 Å². The van der Waals surface area contributed by atoms with E-state index >= 15 is 0 Å². The Morgan fingerprint density at radius 3 is 2.67 bits per heavy atom. The van der Waals surface area contributed by atoms with Crippen LogP contribution < -0.4 is 0 Å². The quantitative estimate of drug-likeness (QED) is 0.874. The molecule has 1 aliphatic rings. The van der Waals surface area contributed by atoms with Crippen molar-refractivity contribution in [3.8, 4) is 0 Å². The van der Waals surface area contributed by atoms with Crippen LogP contribution >= 0.6 is 0 Å². The molecule has 0 amide bonds. The molecule has 1 heterocycles. The predicted octanol–water partition coefficient (Wildman–Crippen LogP) is 3.59. The minimum Gasteiger partial charge on any atom is -0.478 e. The number of rotatable bonds is 3. The van der Waals surface area contributed by atoms with E-state index in [1.165, 1.54) is 24.0 Å². The molecule has 1 aromatic heterocycles. The summed E-state index contributed by atoms with van der Waals surface area (Å²) < 4.78 is 0. The SMILES string of the molecule is O=C(O)/C(=C\c1cccnc1)c1ccc2c(c1)CCCC2. The number of aliphatic carboxylic acids is 1. The van der Waals surface area contributed by atoms with Crippen molar-refractivity contribution in [2.45, 2.75) is 25.7 Å². The Hall–Kier alpha value is -2.42. The van der Waals surface area contributed by atoms with Crippen LogP contribution in [0.15, 0.2) is 42.7 Å². The average Bonchev–Trinajstić information content (AvgIpc) is 2.53. The first-order valence-electron chi connectivity index (χ1n) is 7.21. The largest absolute Gasteiger partial charge is 0.478 e. The standard InChI is InChI=1S/C18H17NO2/c20-18(21)17(10-13-4-3-9-19-12-13)16-8-7-14-5-1-2-6-15(14)11-16/h3-4,7-12H,1-2,5-6H2,(H,20,21)/b17-10-.